The largest absolute Gasteiger partial charge is 0.388 e. The third-order valence-corrected chi connectivity index (χ3v) is 3.19. The number of hydrogen-bond donors (Lipinski definition) is 1. The van der Waals surface area contributed by atoms with E-state index < -0.39 is 0 Å². The molecule has 1 rings (SSSR count). The molecule has 1 aromatic rings. The van der Waals surface area contributed by atoms with Crippen molar-refractivity contribution in [1.29, 1.82) is 0 Å². The van der Waals surface area contributed by atoms with Gasteiger partial charge in [0.25, 0.3) is 0 Å². The number of para-hydroxylation sites is 1. The molecule has 0 bridgehead atoms. The molecule has 17 heavy (non-hydrogen) atoms. The number of unbranched alkanes of at least 4 members (excludes halogenated alkanes) is 2. The van der Waals surface area contributed by atoms with Gasteiger partial charge in [-0.1, -0.05) is 44.9 Å². The standard InChI is InChI=1S/C15H25NO/c1-4-6-9-12-16(3)14-11-8-7-10-13(14)15(17)5-2/h7-8,10-11,15,17H,4-6,9,12H2,1-3H3. The summed E-state index contributed by atoms with van der Waals surface area (Å²) in [5.74, 6) is 0. The van der Waals surface area contributed by atoms with Crippen LogP contribution in [-0.4, -0.2) is 18.7 Å². The van der Waals surface area contributed by atoms with Crippen molar-refractivity contribution in [1.82, 2.24) is 0 Å². The first-order valence-electron chi connectivity index (χ1n) is 6.68. The predicted molar refractivity (Wildman–Crippen MR) is 74.5 cm³/mol. The second kappa shape index (κ2) is 7.33. The molecule has 1 N–H and O–H groups in total. The van der Waals surface area contributed by atoms with Gasteiger partial charge >= 0.3 is 0 Å². The minimum Gasteiger partial charge on any atom is -0.388 e. The highest BCUT2D eigenvalue weighted by Gasteiger charge is 2.12. The highest BCUT2D eigenvalue weighted by Crippen LogP contribution is 2.27. The molecule has 0 aromatic heterocycles. The first-order chi connectivity index (χ1) is 8.20. The summed E-state index contributed by atoms with van der Waals surface area (Å²) in [6.45, 7) is 5.29. The highest BCUT2D eigenvalue weighted by atomic mass is 16.3. The van der Waals surface area contributed by atoms with E-state index in [2.05, 4.69) is 24.9 Å². The number of hydrogen-bond acceptors (Lipinski definition) is 2. The summed E-state index contributed by atoms with van der Waals surface area (Å²) in [6.07, 6.45) is 4.14. The van der Waals surface area contributed by atoms with Gasteiger partial charge in [-0.15, -0.1) is 0 Å². The quantitative estimate of drug-likeness (QED) is 0.727. The van der Waals surface area contributed by atoms with E-state index in [0.717, 1.165) is 24.2 Å². The maximum Gasteiger partial charge on any atom is 0.0807 e. The van der Waals surface area contributed by atoms with Gasteiger partial charge in [0.2, 0.25) is 0 Å². The maximum absolute atomic E-state index is 10.0. The molecule has 0 aliphatic rings. The lowest BCUT2D eigenvalue weighted by Gasteiger charge is -2.24. The summed E-state index contributed by atoms with van der Waals surface area (Å²) in [5, 5.41) is 10.0. The van der Waals surface area contributed by atoms with Crippen molar-refractivity contribution in [3.8, 4) is 0 Å². The third kappa shape index (κ3) is 4.04. The van der Waals surface area contributed by atoms with Crippen LogP contribution >= 0.6 is 0 Å². The van der Waals surface area contributed by atoms with Crippen molar-refractivity contribution >= 4 is 5.69 Å². The van der Waals surface area contributed by atoms with Crippen molar-refractivity contribution in [2.75, 3.05) is 18.5 Å². The van der Waals surface area contributed by atoms with Gasteiger partial charge in [-0.2, -0.15) is 0 Å². The fourth-order valence-corrected chi connectivity index (χ4v) is 2.06. The maximum atomic E-state index is 10.0. The van der Waals surface area contributed by atoms with Gasteiger partial charge in [0.15, 0.2) is 0 Å². The van der Waals surface area contributed by atoms with E-state index in [1.165, 1.54) is 19.3 Å². The van der Waals surface area contributed by atoms with E-state index in [1.807, 2.05) is 25.1 Å². The van der Waals surface area contributed by atoms with E-state index in [4.69, 9.17) is 0 Å². The van der Waals surface area contributed by atoms with Gasteiger partial charge in [-0.05, 0) is 18.9 Å². The van der Waals surface area contributed by atoms with Crippen LogP contribution in [0.1, 0.15) is 51.2 Å². The normalized spacial score (nSPS) is 12.5. The number of anilines is 1. The molecule has 1 unspecified atom stereocenters. The molecular weight excluding hydrogens is 210 g/mol. The molecule has 2 heteroatoms. The number of benzene rings is 1. The van der Waals surface area contributed by atoms with Crippen LogP contribution in [-0.2, 0) is 0 Å². The second-order valence-corrected chi connectivity index (χ2v) is 4.61. The molecule has 2 nitrogen and oxygen atoms in total. The summed E-state index contributed by atoms with van der Waals surface area (Å²) < 4.78 is 0. The summed E-state index contributed by atoms with van der Waals surface area (Å²) in [5.41, 5.74) is 2.21. The van der Waals surface area contributed by atoms with Crippen molar-refractivity contribution in [2.45, 2.75) is 45.6 Å². The molecule has 0 spiro atoms. The Morgan fingerprint density at radius 2 is 1.88 bits per heavy atom. The van der Waals surface area contributed by atoms with Crippen LogP contribution in [0, 0.1) is 0 Å². The SMILES string of the molecule is CCCCCN(C)c1ccccc1C(O)CC. The van der Waals surface area contributed by atoms with Crippen molar-refractivity contribution in [3.63, 3.8) is 0 Å². The minimum atomic E-state index is -0.347. The lowest BCUT2D eigenvalue weighted by Crippen LogP contribution is -2.20. The molecular formula is C15H25NO. The summed E-state index contributed by atoms with van der Waals surface area (Å²) >= 11 is 0. The fraction of sp³-hybridized carbons (Fsp3) is 0.600. The molecule has 0 fully saturated rings. The van der Waals surface area contributed by atoms with E-state index >= 15 is 0 Å². The number of rotatable bonds is 7. The Balaban J connectivity index is 2.74. The Morgan fingerprint density at radius 3 is 2.53 bits per heavy atom. The first-order valence-corrected chi connectivity index (χ1v) is 6.68. The molecule has 0 aliphatic carbocycles. The Hall–Kier alpha value is -1.02. The van der Waals surface area contributed by atoms with Crippen molar-refractivity contribution in [2.24, 2.45) is 0 Å². The van der Waals surface area contributed by atoms with Crippen LogP contribution in [0.5, 0.6) is 0 Å². The number of aliphatic hydroxyl groups is 1. The summed E-state index contributed by atoms with van der Waals surface area (Å²) in [7, 11) is 2.11. The molecule has 96 valence electrons. The molecule has 0 heterocycles. The van der Waals surface area contributed by atoms with Gasteiger partial charge in [0.1, 0.15) is 0 Å². The Bertz CT molecular complexity index is 324. The zero-order valence-corrected chi connectivity index (χ0v) is 11.3. The zero-order valence-electron chi connectivity index (χ0n) is 11.3. The monoisotopic (exact) mass is 235 g/mol. The fourth-order valence-electron chi connectivity index (χ4n) is 2.06. The van der Waals surface area contributed by atoms with Gasteiger partial charge < -0.3 is 10.0 Å². The predicted octanol–water partition coefficient (Wildman–Crippen LogP) is 3.76. The van der Waals surface area contributed by atoms with Gasteiger partial charge in [0.05, 0.1) is 6.10 Å². The van der Waals surface area contributed by atoms with Crippen LogP contribution in [0.3, 0.4) is 0 Å². The number of nitrogens with zero attached hydrogens (tertiary/aromatic N) is 1. The van der Waals surface area contributed by atoms with Gasteiger partial charge in [0, 0.05) is 24.8 Å². The average molecular weight is 235 g/mol. The Labute approximate surface area is 105 Å². The first kappa shape index (κ1) is 14.0. The Morgan fingerprint density at radius 1 is 1.18 bits per heavy atom. The molecule has 0 saturated heterocycles. The van der Waals surface area contributed by atoms with Crippen LogP contribution in [0.15, 0.2) is 24.3 Å². The van der Waals surface area contributed by atoms with Gasteiger partial charge in [-0.3, -0.25) is 0 Å². The topological polar surface area (TPSA) is 23.5 Å². The zero-order chi connectivity index (χ0) is 12.7. The minimum absolute atomic E-state index is 0.347. The molecule has 0 aliphatic heterocycles. The number of aliphatic hydroxyl groups excluding tert-OH is 1. The molecule has 1 aromatic carbocycles. The van der Waals surface area contributed by atoms with Gasteiger partial charge in [-0.25, -0.2) is 0 Å². The molecule has 0 amide bonds. The summed E-state index contributed by atoms with van der Waals surface area (Å²) in [6, 6.07) is 8.16. The lowest BCUT2D eigenvalue weighted by molar-refractivity contribution is 0.174. The van der Waals surface area contributed by atoms with Crippen LogP contribution in [0.2, 0.25) is 0 Å². The second-order valence-electron chi connectivity index (χ2n) is 4.61. The van der Waals surface area contributed by atoms with Crippen molar-refractivity contribution in [3.05, 3.63) is 29.8 Å². The Kier molecular flexibility index (Phi) is 6.06. The smallest absolute Gasteiger partial charge is 0.0807 e. The summed E-state index contributed by atoms with van der Waals surface area (Å²) in [4.78, 5) is 2.25. The van der Waals surface area contributed by atoms with Crippen LogP contribution < -0.4 is 4.90 Å². The van der Waals surface area contributed by atoms with E-state index in [9.17, 15) is 5.11 Å². The van der Waals surface area contributed by atoms with Crippen LogP contribution in [0.4, 0.5) is 5.69 Å². The third-order valence-electron chi connectivity index (χ3n) is 3.19. The molecule has 0 saturated carbocycles. The molecule has 0 radical (unpaired) electrons. The molecule has 1 atom stereocenters. The van der Waals surface area contributed by atoms with E-state index in [1.54, 1.807) is 0 Å². The van der Waals surface area contributed by atoms with Crippen LogP contribution in [0.25, 0.3) is 0 Å². The van der Waals surface area contributed by atoms with E-state index in [-0.39, 0.29) is 6.10 Å². The van der Waals surface area contributed by atoms with Crippen molar-refractivity contribution < 1.29 is 5.11 Å². The average Bonchev–Trinajstić information content (AvgIpc) is 2.38. The lowest BCUT2D eigenvalue weighted by atomic mass is 10.0. The van der Waals surface area contributed by atoms with E-state index in [0.29, 0.717) is 0 Å². The highest BCUT2D eigenvalue weighted by molar-refractivity contribution is 5.54.